The molecule has 0 aliphatic rings. The molecule has 0 aromatic heterocycles. The molecule has 0 fully saturated rings. The largest absolute Gasteiger partial charge is 0.396 e. The van der Waals surface area contributed by atoms with Crippen molar-refractivity contribution in [3.63, 3.8) is 0 Å². The molecule has 1 unspecified atom stereocenters. The average Bonchev–Trinajstić information content (AvgIpc) is 2.22. The monoisotopic (exact) mass is 280 g/mol. The zero-order valence-corrected chi connectivity index (χ0v) is 10.7. The predicted molar refractivity (Wildman–Crippen MR) is 62.4 cm³/mol. The van der Waals surface area contributed by atoms with Gasteiger partial charge in [-0.1, -0.05) is 0 Å². The summed E-state index contributed by atoms with van der Waals surface area (Å²) in [6.45, 7) is 1.67. The van der Waals surface area contributed by atoms with Crippen LogP contribution in [0.25, 0.3) is 0 Å². The average molecular weight is 280 g/mol. The number of benzene rings is 1. The van der Waals surface area contributed by atoms with Gasteiger partial charge in [-0.15, -0.1) is 0 Å². The van der Waals surface area contributed by atoms with Crippen LogP contribution in [0.1, 0.15) is 6.92 Å². The molecule has 18 heavy (non-hydrogen) atoms. The fraction of sp³-hybridized carbons (Fsp3) is 0.400. The number of anilines is 1. The summed E-state index contributed by atoms with van der Waals surface area (Å²) in [5.41, 5.74) is 4.78. The van der Waals surface area contributed by atoms with Crippen LogP contribution in [0.4, 0.5) is 14.5 Å². The van der Waals surface area contributed by atoms with Crippen LogP contribution < -0.4 is 10.5 Å². The Hall–Kier alpha value is -1.25. The van der Waals surface area contributed by atoms with Gasteiger partial charge in [-0.25, -0.2) is 21.9 Å². The van der Waals surface area contributed by atoms with Gasteiger partial charge >= 0.3 is 0 Å². The third-order valence-electron chi connectivity index (χ3n) is 2.11. The highest BCUT2D eigenvalue weighted by molar-refractivity contribution is 7.89. The molecule has 0 aliphatic carbocycles. The molecule has 1 aromatic rings. The van der Waals surface area contributed by atoms with Crippen molar-refractivity contribution in [1.82, 2.24) is 4.72 Å². The molecule has 3 N–H and O–H groups in total. The highest BCUT2D eigenvalue weighted by Crippen LogP contribution is 2.20. The first-order chi connectivity index (χ1) is 8.27. The van der Waals surface area contributed by atoms with Crippen LogP contribution in [0.5, 0.6) is 0 Å². The predicted octanol–water partition coefficient (Wildman–Crippen LogP) is 0.860. The van der Waals surface area contributed by atoms with Crippen molar-refractivity contribution in [2.45, 2.75) is 17.9 Å². The first-order valence-corrected chi connectivity index (χ1v) is 6.52. The first-order valence-electron chi connectivity index (χ1n) is 5.03. The topological polar surface area (TPSA) is 81.4 Å². The third-order valence-corrected chi connectivity index (χ3v) is 3.72. The summed E-state index contributed by atoms with van der Waals surface area (Å²) in [4.78, 5) is -0.690. The molecule has 0 amide bonds. The van der Waals surface area contributed by atoms with Crippen LogP contribution in [0.15, 0.2) is 17.0 Å². The molecule has 1 rings (SSSR count). The summed E-state index contributed by atoms with van der Waals surface area (Å²) in [6.07, 6.45) is 0. The molecule has 0 heterocycles. The number of hydrogen-bond donors (Lipinski definition) is 2. The molecule has 1 aromatic carbocycles. The first kappa shape index (κ1) is 14.8. The second kappa shape index (κ2) is 5.59. The number of nitrogens with one attached hydrogen (secondary N) is 1. The zero-order valence-electron chi connectivity index (χ0n) is 9.91. The Labute approximate surface area is 104 Å². The fourth-order valence-corrected chi connectivity index (χ4v) is 2.69. The molecule has 5 nitrogen and oxygen atoms in total. The lowest BCUT2D eigenvalue weighted by atomic mass is 10.3. The van der Waals surface area contributed by atoms with Gasteiger partial charge < -0.3 is 10.5 Å². The molecular formula is C10H14F2N2O3S. The molecule has 0 spiro atoms. The Kier molecular flexibility index (Phi) is 4.60. The van der Waals surface area contributed by atoms with Gasteiger partial charge in [0, 0.05) is 19.2 Å². The van der Waals surface area contributed by atoms with E-state index in [1.54, 1.807) is 6.92 Å². The number of hydrogen-bond acceptors (Lipinski definition) is 4. The number of rotatable bonds is 5. The quantitative estimate of drug-likeness (QED) is 0.784. The van der Waals surface area contributed by atoms with E-state index in [-0.39, 0.29) is 6.61 Å². The molecule has 102 valence electrons. The number of nitrogen functional groups attached to an aromatic ring is 1. The van der Waals surface area contributed by atoms with Crippen molar-refractivity contribution in [2.75, 3.05) is 19.5 Å². The van der Waals surface area contributed by atoms with Crippen LogP contribution in [-0.4, -0.2) is 28.2 Å². The SMILES string of the molecule is COCC(C)NS(=O)(=O)c1cc(N)c(F)cc1F. The van der Waals surface area contributed by atoms with Crippen molar-refractivity contribution in [2.24, 2.45) is 0 Å². The molecule has 0 bridgehead atoms. The Morgan fingerprint density at radius 2 is 2.00 bits per heavy atom. The smallest absolute Gasteiger partial charge is 0.243 e. The maximum absolute atomic E-state index is 13.4. The summed E-state index contributed by atoms with van der Waals surface area (Å²) < 4.78 is 56.9. The van der Waals surface area contributed by atoms with Crippen molar-refractivity contribution in [3.05, 3.63) is 23.8 Å². The van der Waals surface area contributed by atoms with Gasteiger partial charge in [0.2, 0.25) is 10.0 Å². The maximum atomic E-state index is 13.4. The Bertz CT molecular complexity index is 534. The van der Waals surface area contributed by atoms with Crippen LogP contribution in [0.2, 0.25) is 0 Å². The van der Waals surface area contributed by atoms with Gasteiger partial charge in [0.15, 0.2) is 0 Å². The van der Waals surface area contributed by atoms with Gasteiger partial charge in [0.05, 0.1) is 12.3 Å². The zero-order chi connectivity index (χ0) is 13.9. The van der Waals surface area contributed by atoms with Crippen LogP contribution in [-0.2, 0) is 14.8 Å². The minimum absolute atomic E-state index is 0.123. The number of ether oxygens (including phenoxy) is 1. The van der Waals surface area contributed by atoms with Crippen LogP contribution >= 0.6 is 0 Å². The molecule has 0 radical (unpaired) electrons. The van der Waals surface area contributed by atoms with Gasteiger partial charge in [0.1, 0.15) is 16.5 Å². The molecule has 0 saturated heterocycles. The highest BCUT2D eigenvalue weighted by atomic mass is 32.2. The summed E-state index contributed by atoms with van der Waals surface area (Å²) in [5.74, 6) is -2.20. The van der Waals surface area contributed by atoms with E-state index in [9.17, 15) is 17.2 Å². The van der Waals surface area contributed by atoms with E-state index >= 15 is 0 Å². The summed E-state index contributed by atoms with van der Waals surface area (Å²) in [7, 11) is -2.70. The van der Waals surface area contributed by atoms with E-state index in [4.69, 9.17) is 10.5 Å². The number of sulfonamides is 1. The van der Waals surface area contributed by atoms with E-state index in [2.05, 4.69) is 4.72 Å². The Morgan fingerprint density at radius 1 is 1.39 bits per heavy atom. The van der Waals surface area contributed by atoms with Gasteiger partial charge in [0.25, 0.3) is 0 Å². The maximum Gasteiger partial charge on any atom is 0.243 e. The van der Waals surface area contributed by atoms with Crippen molar-refractivity contribution in [1.29, 1.82) is 0 Å². The Morgan fingerprint density at radius 3 is 2.56 bits per heavy atom. The van der Waals surface area contributed by atoms with Crippen molar-refractivity contribution >= 4 is 15.7 Å². The summed E-state index contributed by atoms with van der Waals surface area (Å²) >= 11 is 0. The van der Waals surface area contributed by atoms with Crippen molar-refractivity contribution < 1.29 is 21.9 Å². The lowest BCUT2D eigenvalue weighted by molar-refractivity contribution is 0.180. The normalized spacial score (nSPS) is 13.6. The number of halogens is 2. The van der Waals surface area contributed by atoms with E-state index in [0.29, 0.717) is 6.07 Å². The van der Waals surface area contributed by atoms with E-state index in [1.807, 2.05) is 0 Å². The lowest BCUT2D eigenvalue weighted by Gasteiger charge is -2.14. The van der Waals surface area contributed by atoms with Crippen molar-refractivity contribution in [3.8, 4) is 0 Å². The second-order valence-corrected chi connectivity index (χ2v) is 5.46. The van der Waals surface area contributed by atoms with E-state index in [1.165, 1.54) is 7.11 Å². The number of methoxy groups -OCH3 is 1. The second-order valence-electron chi connectivity index (χ2n) is 3.78. The minimum Gasteiger partial charge on any atom is -0.396 e. The Balaban J connectivity index is 3.09. The molecule has 8 heteroatoms. The van der Waals surface area contributed by atoms with E-state index in [0.717, 1.165) is 6.07 Å². The molecule has 1 atom stereocenters. The molecule has 0 saturated carbocycles. The third kappa shape index (κ3) is 3.37. The fourth-order valence-electron chi connectivity index (χ4n) is 1.36. The van der Waals surface area contributed by atoms with Crippen LogP contribution in [0, 0.1) is 11.6 Å². The molecule has 0 aliphatic heterocycles. The highest BCUT2D eigenvalue weighted by Gasteiger charge is 2.23. The summed E-state index contributed by atoms with van der Waals surface area (Å²) in [6, 6.07) is 0.628. The van der Waals surface area contributed by atoms with E-state index < -0.39 is 38.3 Å². The standard InChI is InChI=1S/C10H14F2N2O3S/c1-6(5-17-2)14-18(15,16)10-4-9(13)7(11)3-8(10)12/h3-4,6,14H,5,13H2,1-2H3. The van der Waals surface area contributed by atoms with Gasteiger partial charge in [-0.05, 0) is 13.0 Å². The minimum atomic E-state index is -4.10. The summed E-state index contributed by atoms with van der Waals surface area (Å²) in [5, 5.41) is 0. The van der Waals surface area contributed by atoms with Gasteiger partial charge in [-0.2, -0.15) is 0 Å². The molecular weight excluding hydrogens is 266 g/mol. The van der Waals surface area contributed by atoms with Gasteiger partial charge in [-0.3, -0.25) is 0 Å². The van der Waals surface area contributed by atoms with Crippen LogP contribution in [0.3, 0.4) is 0 Å². The number of nitrogens with two attached hydrogens (primary N) is 1. The lowest BCUT2D eigenvalue weighted by Crippen LogP contribution is -2.36.